The Balaban J connectivity index is 1.32. The molecule has 6 atom stereocenters. The van der Waals surface area contributed by atoms with Crippen molar-refractivity contribution in [2.24, 2.45) is 5.92 Å². The van der Waals surface area contributed by atoms with Crippen LogP contribution in [0.5, 0.6) is 5.75 Å². The first kappa shape index (κ1) is 27.8. The van der Waals surface area contributed by atoms with Crippen LogP contribution in [-0.2, 0) is 31.5 Å². The van der Waals surface area contributed by atoms with Crippen molar-refractivity contribution < 1.29 is 27.4 Å². The molecule has 10 nitrogen and oxygen atoms in total. The Morgan fingerprint density at radius 2 is 1.87 bits per heavy atom. The Labute approximate surface area is 230 Å². The molecule has 2 aliphatic carbocycles. The summed E-state index contributed by atoms with van der Waals surface area (Å²) in [7, 11) is -0.660. The van der Waals surface area contributed by atoms with E-state index in [1.165, 1.54) is 17.7 Å². The fourth-order valence-electron chi connectivity index (χ4n) is 6.62. The van der Waals surface area contributed by atoms with Gasteiger partial charge in [-0.3, -0.25) is 4.90 Å². The molecule has 39 heavy (non-hydrogen) atoms. The number of hydrogen-bond donors (Lipinski definition) is 0. The van der Waals surface area contributed by atoms with E-state index >= 15 is 0 Å². The third-order valence-electron chi connectivity index (χ3n) is 8.74. The molecule has 3 fully saturated rings. The number of rotatable bonds is 9. The fraction of sp³-hybridized carbons (Fsp3) is 0.607. The number of ether oxygens (including phenoxy) is 3. The first-order valence-electron chi connectivity index (χ1n) is 13.5. The van der Waals surface area contributed by atoms with Crippen molar-refractivity contribution in [3.63, 3.8) is 0 Å². The van der Waals surface area contributed by atoms with Crippen molar-refractivity contribution in [2.45, 2.75) is 75.2 Å². The van der Waals surface area contributed by atoms with Gasteiger partial charge in [-0.25, -0.2) is 23.2 Å². The lowest BCUT2D eigenvalue weighted by Gasteiger charge is -2.35. The maximum absolute atomic E-state index is 13.1. The third kappa shape index (κ3) is 5.62. The molecule has 2 saturated carbocycles. The third-order valence-corrected chi connectivity index (χ3v) is 10.00. The second-order valence-electron chi connectivity index (χ2n) is 11.1. The number of amides is 1. The summed E-state index contributed by atoms with van der Waals surface area (Å²) in [6.07, 6.45) is 8.71. The number of methoxy groups -OCH3 is 2. The van der Waals surface area contributed by atoms with E-state index in [0.29, 0.717) is 18.1 Å². The van der Waals surface area contributed by atoms with Crippen LogP contribution in [0.25, 0.3) is 0 Å². The number of benzene rings is 1. The molecule has 2 heterocycles. The highest BCUT2D eigenvalue weighted by Gasteiger charge is 2.60. The molecule has 1 aromatic heterocycles. The number of likely N-dealkylation sites (tertiary alicyclic amines) is 1. The fourth-order valence-corrected chi connectivity index (χ4v) is 7.72. The molecule has 0 radical (unpaired) electrons. The number of sulfonamides is 1. The molecule has 5 rings (SSSR count). The molecule has 11 heteroatoms. The number of hydrogen-bond acceptors (Lipinski definition) is 8. The zero-order valence-corrected chi connectivity index (χ0v) is 23.8. The van der Waals surface area contributed by atoms with Gasteiger partial charge < -0.3 is 14.2 Å². The largest absolute Gasteiger partial charge is 0.497 e. The van der Waals surface area contributed by atoms with E-state index in [9.17, 15) is 13.2 Å². The zero-order valence-electron chi connectivity index (χ0n) is 23.0. The summed E-state index contributed by atoms with van der Waals surface area (Å²) in [6.45, 7) is 2.36. The minimum atomic E-state index is -3.60. The smallest absolute Gasteiger partial charge is 0.410 e. The van der Waals surface area contributed by atoms with E-state index in [1.54, 1.807) is 24.4 Å². The molecule has 1 aromatic carbocycles. The second kappa shape index (κ2) is 11.0. The highest BCUT2D eigenvalue weighted by Crippen LogP contribution is 2.61. The quantitative estimate of drug-likeness (QED) is 0.461. The highest BCUT2D eigenvalue weighted by molar-refractivity contribution is 7.88. The van der Waals surface area contributed by atoms with E-state index in [4.69, 9.17) is 14.2 Å². The summed E-state index contributed by atoms with van der Waals surface area (Å²) in [4.78, 5) is 23.5. The summed E-state index contributed by atoms with van der Waals surface area (Å²) in [6, 6.07) is 8.08. The van der Waals surface area contributed by atoms with Crippen LogP contribution in [0.1, 0.15) is 50.4 Å². The molecule has 0 spiro atoms. The molecule has 2 aromatic rings. The SMILES string of the molecule is COC(=O)N1[C@H](C)C[C@H](N(Cc2ccc(OC)cc2)S(C)(=O)=O)[C@@H]1COC1CCC2(c3ncccn3)CC2C1. The maximum atomic E-state index is 13.1. The Bertz CT molecular complexity index is 1260. The lowest BCUT2D eigenvalue weighted by atomic mass is 9.86. The summed E-state index contributed by atoms with van der Waals surface area (Å²) in [5, 5.41) is 0. The van der Waals surface area contributed by atoms with Gasteiger partial charge in [-0.2, -0.15) is 4.31 Å². The van der Waals surface area contributed by atoms with Gasteiger partial charge in [-0.1, -0.05) is 12.1 Å². The van der Waals surface area contributed by atoms with Gasteiger partial charge in [0.05, 0.1) is 39.2 Å². The summed E-state index contributed by atoms with van der Waals surface area (Å²) >= 11 is 0. The van der Waals surface area contributed by atoms with Crippen molar-refractivity contribution >= 4 is 16.1 Å². The predicted octanol–water partition coefficient (Wildman–Crippen LogP) is 3.37. The van der Waals surface area contributed by atoms with Crippen LogP contribution in [0.4, 0.5) is 4.79 Å². The first-order chi connectivity index (χ1) is 18.7. The Hall–Kier alpha value is -2.76. The molecule has 3 aliphatic rings. The second-order valence-corrected chi connectivity index (χ2v) is 13.0. The number of carbonyl (C=O) groups excluding carboxylic acids is 1. The van der Waals surface area contributed by atoms with E-state index in [2.05, 4.69) is 9.97 Å². The maximum Gasteiger partial charge on any atom is 0.410 e. The molecule has 3 unspecified atom stereocenters. The lowest BCUT2D eigenvalue weighted by Crippen LogP contribution is -2.51. The molecule has 1 amide bonds. The lowest BCUT2D eigenvalue weighted by molar-refractivity contribution is -0.0154. The molecule has 1 aliphatic heterocycles. The van der Waals surface area contributed by atoms with Crippen molar-refractivity contribution in [1.82, 2.24) is 19.2 Å². The van der Waals surface area contributed by atoms with Crippen molar-refractivity contribution in [3.8, 4) is 5.75 Å². The van der Waals surface area contributed by atoms with Crippen LogP contribution in [0, 0.1) is 5.92 Å². The van der Waals surface area contributed by atoms with Crippen LogP contribution < -0.4 is 4.74 Å². The van der Waals surface area contributed by atoms with E-state index in [0.717, 1.165) is 37.1 Å². The van der Waals surface area contributed by atoms with Crippen LogP contribution in [0.15, 0.2) is 42.7 Å². The number of aromatic nitrogens is 2. The predicted molar refractivity (Wildman–Crippen MR) is 145 cm³/mol. The van der Waals surface area contributed by atoms with Gasteiger partial charge in [0.25, 0.3) is 0 Å². The van der Waals surface area contributed by atoms with Gasteiger partial charge in [0.2, 0.25) is 10.0 Å². The normalized spacial score (nSPS) is 30.2. The Morgan fingerprint density at radius 1 is 1.15 bits per heavy atom. The topological polar surface area (TPSA) is 111 Å². The standard InChI is InChI=1S/C28H38N4O6S/c1-19-14-24(31(39(4,34)35)17-20-6-8-22(36-2)9-7-20)25(32(19)27(33)37-3)18-38-23-10-11-28(16-21(28)15-23)26-29-12-5-13-30-26/h5-9,12-13,19,21,23-25H,10-11,14-18H2,1-4H3/t19-,21?,23?,24+,25+,28?/m1/s1. The summed E-state index contributed by atoms with van der Waals surface area (Å²) in [5.74, 6) is 2.11. The molecule has 0 bridgehead atoms. The van der Waals surface area contributed by atoms with Gasteiger partial charge in [0.15, 0.2) is 0 Å². The van der Waals surface area contributed by atoms with Gasteiger partial charge in [0, 0.05) is 36.4 Å². The molecular formula is C28H38N4O6S. The van der Waals surface area contributed by atoms with E-state index in [1.807, 2.05) is 37.3 Å². The minimum absolute atomic E-state index is 0.0404. The molecule has 212 valence electrons. The van der Waals surface area contributed by atoms with Crippen LogP contribution >= 0.6 is 0 Å². The van der Waals surface area contributed by atoms with Crippen molar-refractivity contribution in [1.29, 1.82) is 0 Å². The number of nitrogens with zero attached hydrogens (tertiary/aromatic N) is 4. The molecule has 1 saturated heterocycles. The van der Waals surface area contributed by atoms with E-state index in [-0.39, 0.29) is 30.7 Å². The average molecular weight is 559 g/mol. The van der Waals surface area contributed by atoms with Crippen LogP contribution in [0.3, 0.4) is 0 Å². The monoisotopic (exact) mass is 558 g/mol. The van der Waals surface area contributed by atoms with Crippen LogP contribution in [0.2, 0.25) is 0 Å². The summed E-state index contributed by atoms with van der Waals surface area (Å²) in [5.41, 5.74) is 0.903. The van der Waals surface area contributed by atoms with Crippen LogP contribution in [-0.4, -0.2) is 85.0 Å². The number of fused-ring (bicyclic) bond motifs is 1. The van der Waals surface area contributed by atoms with Crippen molar-refractivity contribution in [2.75, 3.05) is 27.1 Å². The number of carbonyl (C=O) groups is 1. The van der Waals surface area contributed by atoms with Gasteiger partial charge in [-0.15, -0.1) is 0 Å². The molecular weight excluding hydrogens is 520 g/mol. The van der Waals surface area contributed by atoms with Gasteiger partial charge in [0.1, 0.15) is 11.6 Å². The average Bonchev–Trinajstić information content (AvgIpc) is 3.59. The summed E-state index contributed by atoms with van der Waals surface area (Å²) < 4.78 is 44.5. The highest BCUT2D eigenvalue weighted by atomic mass is 32.2. The Morgan fingerprint density at radius 3 is 2.49 bits per heavy atom. The van der Waals surface area contributed by atoms with Gasteiger partial charge >= 0.3 is 6.09 Å². The van der Waals surface area contributed by atoms with Crippen molar-refractivity contribution in [3.05, 3.63) is 54.1 Å². The first-order valence-corrected chi connectivity index (χ1v) is 15.4. The molecule has 0 N–H and O–H groups in total. The zero-order chi connectivity index (χ0) is 27.8. The Kier molecular flexibility index (Phi) is 7.85. The van der Waals surface area contributed by atoms with Gasteiger partial charge in [-0.05, 0) is 68.7 Å². The van der Waals surface area contributed by atoms with E-state index < -0.39 is 28.2 Å². The minimum Gasteiger partial charge on any atom is -0.497 e.